The highest BCUT2D eigenvalue weighted by atomic mass is 19.1. The van der Waals surface area contributed by atoms with E-state index in [1.807, 2.05) is 53.7 Å². The third-order valence-electron chi connectivity index (χ3n) is 4.94. The fourth-order valence-corrected chi connectivity index (χ4v) is 3.14. The van der Waals surface area contributed by atoms with E-state index in [0.29, 0.717) is 49.9 Å². The molecular formula is C27H39FN6O3. The number of anilines is 3. The number of cyclic esters (lactones) is 1. The minimum atomic E-state index is -0.520. The molecule has 0 spiro atoms. The van der Waals surface area contributed by atoms with E-state index in [4.69, 9.17) is 15.7 Å². The van der Waals surface area contributed by atoms with E-state index < -0.39 is 18.0 Å². The summed E-state index contributed by atoms with van der Waals surface area (Å²) in [6.07, 6.45) is 11.4. The zero-order valence-corrected chi connectivity index (χ0v) is 22.6. The maximum atomic E-state index is 14.7. The number of terminal acetylenes is 1. The second kappa shape index (κ2) is 17.4. The first kappa shape index (κ1) is 31.0. The van der Waals surface area contributed by atoms with E-state index in [9.17, 15) is 9.18 Å². The molecular weight excluding hydrogens is 475 g/mol. The second-order valence-electron chi connectivity index (χ2n) is 7.20. The van der Waals surface area contributed by atoms with Gasteiger partial charge in [0.2, 0.25) is 0 Å². The van der Waals surface area contributed by atoms with Gasteiger partial charge in [-0.2, -0.15) is 5.10 Å². The Bertz CT molecular complexity index is 1020. The molecule has 3 heterocycles. The van der Waals surface area contributed by atoms with Crippen molar-refractivity contribution in [3.8, 4) is 12.3 Å². The van der Waals surface area contributed by atoms with E-state index in [1.54, 1.807) is 34.4 Å². The first-order chi connectivity index (χ1) is 18.0. The normalized spacial score (nSPS) is 16.0. The lowest BCUT2D eigenvalue weighted by molar-refractivity contribution is 0.147. The van der Waals surface area contributed by atoms with E-state index in [2.05, 4.69) is 21.5 Å². The molecule has 1 saturated heterocycles. The minimum absolute atomic E-state index is 0.300. The summed E-state index contributed by atoms with van der Waals surface area (Å²) in [5.74, 6) is 2.63. The van der Waals surface area contributed by atoms with Crippen molar-refractivity contribution in [2.75, 3.05) is 47.8 Å². The lowest BCUT2D eigenvalue weighted by Crippen LogP contribution is -2.38. The van der Waals surface area contributed by atoms with Crippen molar-refractivity contribution in [1.82, 2.24) is 10.2 Å². The summed E-state index contributed by atoms with van der Waals surface area (Å²) in [6, 6.07) is 6.31. The maximum Gasteiger partial charge on any atom is 0.414 e. The van der Waals surface area contributed by atoms with Crippen LogP contribution in [0.5, 0.6) is 0 Å². The molecule has 0 aliphatic carbocycles. The Morgan fingerprint density at radius 2 is 1.92 bits per heavy atom. The SMILES string of the molecule is C#CCN1CCN(c2ccc(N3CC(CNc4ccon4)OC3=O)cc2F)C=N1.C/C=C\C.CC.CC. The predicted octanol–water partition coefficient (Wildman–Crippen LogP) is 5.58. The molecule has 0 saturated carbocycles. The molecule has 1 fully saturated rings. The van der Waals surface area contributed by atoms with Crippen LogP contribution in [0.3, 0.4) is 0 Å². The summed E-state index contributed by atoms with van der Waals surface area (Å²) < 4.78 is 24.8. The average molecular weight is 515 g/mol. The molecule has 4 rings (SSSR count). The van der Waals surface area contributed by atoms with Crippen LogP contribution in [0.25, 0.3) is 0 Å². The monoisotopic (exact) mass is 514 g/mol. The molecule has 2 aliphatic rings. The highest BCUT2D eigenvalue weighted by Crippen LogP contribution is 2.28. The number of carbonyl (C=O) groups excluding carboxylic acids is 1. The number of ether oxygens (including phenoxy) is 1. The van der Waals surface area contributed by atoms with Crippen LogP contribution in [0.4, 0.5) is 26.4 Å². The lowest BCUT2D eigenvalue weighted by atomic mass is 10.2. The van der Waals surface area contributed by atoms with Crippen LogP contribution in [0.2, 0.25) is 0 Å². The zero-order valence-electron chi connectivity index (χ0n) is 22.6. The molecule has 1 N–H and O–H groups in total. The molecule has 202 valence electrons. The molecule has 37 heavy (non-hydrogen) atoms. The number of hydrazone groups is 1. The minimum Gasteiger partial charge on any atom is -0.442 e. The van der Waals surface area contributed by atoms with Gasteiger partial charge in [-0.25, -0.2) is 9.18 Å². The summed E-state index contributed by atoms with van der Waals surface area (Å²) in [5.41, 5.74) is 0.817. The summed E-state index contributed by atoms with van der Waals surface area (Å²) in [7, 11) is 0. The Morgan fingerprint density at radius 3 is 2.46 bits per heavy atom. The highest BCUT2D eigenvalue weighted by molar-refractivity contribution is 5.90. The Kier molecular flexibility index (Phi) is 14.6. The number of rotatable bonds is 6. The first-order valence-electron chi connectivity index (χ1n) is 12.5. The summed E-state index contributed by atoms with van der Waals surface area (Å²) in [6.45, 7) is 14.2. The fraction of sp³-hybridized carbons (Fsp3) is 0.444. The van der Waals surface area contributed by atoms with E-state index in [0.717, 1.165) is 0 Å². The highest BCUT2D eigenvalue weighted by Gasteiger charge is 2.33. The number of hydrogen-bond acceptors (Lipinski definition) is 8. The quantitative estimate of drug-likeness (QED) is 0.398. The lowest BCUT2D eigenvalue weighted by Gasteiger charge is -2.29. The van der Waals surface area contributed by atoms with Crippen molar-refractivity contribution in [3.63, 3.8) is 0 Å². The molecule has 1 atom stereocenters. The van der Waals surface area contributed by atoms with Crippen molar-refractivity contribution in [2.24, 2.45) is 5.10 Å². The molecule has 1 aromatic heterocycles. The largest absolute Gasteiger partial charge is 0.442 e. The standard InChI is InChI=1S/C19H19FN6O3.C4H8.2C2H6/c1-2-6-25-8-7-24(13-22-25)17-4-3-14(10-16(17)20)26-12-15(29-19(26)27)11-21-18-5-9-28-23-18;1-3-4-2;2*1-2/h1,3-5,9-10,13,15H,6-8,11-12H2,(H,21,23);3-4H,1-2H3;2*1-2H3/b;4-3-;;. The number of nitrogens with one attached hydrogen (secondary N) is 1. The molecule has 0 bridgehead atoms. The summed E-state index contributed by atoms with van der Waals surface area (Å²) in [4.78, 5) is 15.3. The Balaban J connectivity index is 0.000000767. The van der Waals surface area contributed by atoms with Crippen LogP contribution in [0, 0.1) is 18.2 Å². The average Bonchev–Trinajstić information content (AvgIpc) is 3.60. The van der Waals surface area contributed by atoms with Gasteiger partial charge in [0.05, 0.1) is 37.6 Å². The van der Waals surface area contributed by atoms with Gasteiger partial charge in [-0.05, 0) is 32.0 Å². The van der Waals surface area contributed by atoms with Crippen LogP contribution in [-0.4, -0.2) is 61.4 Å². The number of hydrogen-bond donors (Lipinski definition) is 1. The third-order valence-corrected chi connectivity index (χ3v) is 4.94. The van der Waals surface area contributed by atoms with Gasteiger partial charge in [-0.15, -0.1) is 6.42 Å². The van der Waals surface area contributed by atoms with E-state index in [-0.39, 0.29) is 0 Å². The molecule has 2 aromatic rings. The predicted molar refractivity (Wildman–Crippen MR) is 148 cm³/mol. The van der Waals surface area contributed by atoms with Crippen molar-refractivity contribution in [3.05, 3.63) is 48.5 Å². The summed E-state index contributed by atoms with van der Waals surface area (Å²) >= 11 is 0. The molecule has 1 amide bonds. The van der Waals surface area contributed by atoms with Gasteiger partial charge in [0.25, 0.3) is 0 Å². The number of nitrogens with zero attached hydrogens (tertiary/aromatic N) is 5. The maximum absolute atomic E-state index is 14.7. The van der Waals surface area contributed by atoms with Crippen LogP contribution >= 0.6 is 0 Å². The number of aromatic nitrogens is 1. The van der Waals surface area contributed by atoms with E-state index in [1.165, 1.54) is 17.2 Å². The van der Waals surface area contributed by atoms with Crippen LogP contribution in [-0.2, 0) is 4.74 Å². The number of benzene rings is 1. The smallest absolute Gasteiger partial charge is 0.414 e. The van der Waals surface area contributed by atoms with Gasteiger partial charge in [-0.3, -0.25) is 9.91 Å². The topological polar surface area (TPSA) is 86.4 Å². The van der Waals surface area contributed by atoms with Crippen LogP contribution in [0.1, 0.15) is 41.5 Å². The Labute approximate surface area is 219 Å². The van der Waals surface area contributed by atoms with Crippen molar-refractivity contribution >= 4 is 29.6 Å². The van der Waals surface area contributed by atoms with Crippen LogP contribution in [0.15, 0.2) is 52.3 Å². The molecule has 1 unspecified atom stereocenters. The number of halogens is 1. The fourth-order valence-electron chi connectivity index (χ4n) is 3.14. The van der Waals surface area contributed by atoms with E-state index >= 15 is 0 Å². The summed E-state index contributed by atoms with van der Waals surface area (Å²) in [5, 5.41) is 12.7. The van der Waals surface area contributed by atoms with Gasteiger partial charge < -0.3 is 19.5 Å². The van der Waals surface area contributed by atoms with Gasteiger partial charge in [0.15, 0.2) is 5.82 Å². The van der Waals surface area contributed by atoms with Crippen molar-refractivity contribution in [1.29, 1.82) is 0 Å². The third kappa shape index (κ3) is 9.52. The van der Waals surface area contributed by atoms with Crippen LogP contribution < -0.4 is 15.1 Å². The number of allylic oxidation sites excluding steroid dienone is 2. The molecule has 0 radical (unpaired) electrons. The van der Waals surface area contributed by atoms with Gasteiger partial charge >= 0.3 is 6.09 Å². The first-order valence-corrected chi connectivity index (χ1v) is 12.5. The second-order valence-corrected chi connectivity index (χ2v) is 7.20. The molecule has 10 heteroatoms. The van der Waals surface area contributed by atoms with Gasteiger partial charge in [-0.1, -0.05) is 50.9 Å². The molecule has 1 aromatic carbocycles. The zero-order chi connectivity index (χ0) is 27.6. The van der Waals surface area contributed by atoms with Crippen molar-refractivity contribution < 1.29 is 18.4 Å². The van der Waals surface area contributed by atoms with Gasteiger partial charge in [0.1, 0.15) is 24.5 Å². The number of amides is 1. The number of carbonyl (C=O) groups is 1. The van der Waals surface area contributed by atoms with Crippen molar-refractivity contribution in [2.45, 2.75) is 47.6 Å². The van der Waals surface area contributed by atoms with Gasteiger partial charge in [0, 0.05) is 12.6 Å². The Hall–Kier alpha value is -4.00. The molecule has 2 aliphatic heterocycles. The molecule has 9 nitrogen and oxygen atoms in total. The Morgan fingerprint density at radius 1 is 1.19 bits per heavy atom.